The largest absolute Gasteiger partial charge is 0.383 e. The molecule has 0 aliphatic heterocycles. The maximum atomic E-state index is 6.28. The molecule has 2 rings (SSSR count). The molecule has 0 bridgehead atoms. The standard InChI is InChI=1S/C24H28N4/c1-7-18(16-28(5)6)19-9-8-10-20(14-19)23-12-11-22(24(25)27-23)21(15-26-4)13-17(2)3/h7-16H,1-2H2,3-6H3,(H2,25,27)/b18-16+,21-13+,26-15?. The second-order valence-corrected chi connectivity index (χ2v) is 6.80. The van der Waals surface area contributed by atoms with E-state index in [2.05, 4.69) is 35.3 Å². The van der Waals surface area contributed by atoms with E-state index in [-0.39, 0.29) is 0 Å². The van der Waals surface area contributed by atoms with Crippen molar-refractivity contribution in [3.63, 3.8) is 0 Å². The lowest BCUT2D eigenvalue weighted by atomic mass is 10.0. The van der Waals surface area contributed by atoms with Gasteiger partial charge in [0.2, 0.25) is 0 Å². The molecule has 1 aromatic carbocycles. The number of hydrogen-bond donors (Lipinski definition) is 1. The number of aromatic nitrogens is 1. The number of nitrogens with two attached hydrogens (primary N) is 1. The normalized spacial score (nSPS) is 12.3. The van der Waals surface area contributed by atoms with Crippen LogP contribution in [-0.2, 0) is 0 Å². The summed E-state index contributed by atoms with van der Waals surface area (Å²) in [6.45, 7) is 9.79. The van der Waals surface area contributed by atoms with Gasteiger partial charge in [0.1, 0.15) is 5.82 Å². The van der Waals surface area contributed by atoms with E-state index < -0.39 is 0 Å². The number of rotatable bonds is 7. The van der Waals surface area contributed by atoms with Crippen molar-refractivity contribution in [3.05, 3.63) is 84.6 Å². The van der Waals surface area contributed by atoms with Gasteiger partial charge in [0.25, 0.3) is 0 Å². The van der Waals surface area contributed by atoms with Crippen LogP contribution in [-0.4, -0.2) is 37.2 Å². The van der Waals surface area contributed by atoms with Crippen LogP contribution in [0.25, 0.3) is 22.4 Å². The van der Waals surface area contributed by atoms with Crippen LogP contribution in [0.1, 0.15) is 18.1 Å². The van der Waals surface area contributed by atoms with Gasteiger partial charge in [-0.3, -0.25) is 4.99 Å². The average molecular weight is 373 g/mol. The van der Waals surface area contributed by atoms with E-state index in [1.165, 1.54) is 0 Å². The second kappa shape index (κ2) is 9.51. The Morgan fingerprint density at radius 1 is 1.18 bits per heavy atom. The molecule has 0 unspecified atom stereocenters. The summed E-state index contributed by atoms with van der Waals surface area (Å²) in [5, 5.41) is 0. The summed E-state index contributed by atoms with van der Waals surface area (Å²) < 4.78 is 0. The Hall–Kier alpha value is -3.40. The van der Waals surface area contributed by atoms with Gasteiger partial charge in [0.15, 0.2) is 0 Å². The number of benzene rings is 1. The van der Waals surface area contributed by atoms with Crippen molar-refractivity contribution in [2.24, 2.45) is 4.99 Å². The first-order valence-electron chi connectivity index (χ1n) is 9.03. The summed E-state index contributed by atoms with van der Waals surface area (Å²) in [6, 6.07) is 12.1. The molecule has 4 heteroatoms. The van der Waals surface area contributed by atoms with Crippen LogP contribution in [0.4, 0.5) is 5.82 Å². The highest BCUT2D eigenvalue weighted by atomic mass is 15.0. The number of pyridine rings is 1. The lowest BCUT2D eigenvalue weighted by Crippen LogP contribution is -2.02. The maximum Gasteiger partial charge on any atom is 0.132 e. The van der Waals surface area contributed by atoms with E-state index in [9.17, 15) is 0 Å². The minimum absolute atomic E-state index is 0.461. The van der Waals surface area contributed by atoms with Gasteiger partial charge in [-0.05, 0) is 36.3 Å². The molecule has 0 aliphatic rings. The van der Waals surface area contributed by atoms with Crippen molar-refractivity contribution >= 4 is 23.2 Å². The van der Waals surface area contributed by atoms with Gasteiger partial charge in [0.05, 0.1) is 5.69 Å². The van der Waals surface area contributed by atoms with Crippen molar-refractivity contribution in [2.75, 3.05) is 26.9 Å². The Kier molecular flexibility index (Phi) is 7.10. The minimum atomic E-state index is 0.461. The Morgan fingerprint density at radius 2 is 1.93 bits per heavy atom. The lowest BCUT2D eigenvalue weighted by Gasteiger charge is -2.12. The van der Waals surface area contributed by atoms with Crippen LogP contribution in [0.5, 0.6) is 0 Å². The molecule has 1 aromatic heterocycles. The first-order chi connectivity index (χ1) is 13.3. The van der Waals surface area contributed by atoms with Crippen LogP contribution >= 0.6 is 0 Å². The van der Waals surface area contributed by atoms with Crippen molar-refractivity contribution in [3.8, 4) is 11.3 Å². The molecule has 2 aromatic rings. The fourth-order valence-electron chi connectivity index (χ4n) is 2.85. The molecule has 4 nitrogen and oxygen atoms in total. The monoisotopic (exact) mass is 372 g/mol. The first-order valence-corrected chi connectivity index (χ1v) is 9.03. The second-order valence-electron chi connectivity index (χ2n) is 6.80. The Labute approximate surface area is 168 Å². The van der Waals surface area contributed by atoms with Crippen LogP contribution in [0.3, 0.4) is 0 Å². The molecule has 2 N–H and O–H groups in total. The highest BCUT2D eigenvalue weighted by Gasteiger charge is 2.09. The zero-order valence-electron chi connectivity index (χ0n) is 17.1. The molecule has 0 amide bonds. The molecular weight excluding hydrogens is 344 g/mol. The topological polar surface area (TPSA) is 54.5 Å². The van der Waals surface area contributed by atoms with Crippen molar-refractivity contribution in [1.29, 1.82) is 0 Å². The molecule has 0 aliphatic carbocycles. The number of anilines is 1. The quantitative estimate of drug-likeness (QED) is 0.545. The predicted molar refractivity (Wildman–Crippen MR) is 123 cm³/mol. The van der Waals surface area contributed by atoms with Crippen LogP contribution in [0.2, 0.25) is 0 Å². The summed E-state index contributed by atoms with van der Waals surface area (Å²) in [5.74, 6) is 0.461. The Balaban J connectivity index is 2.48. The molecule has 0 atom stereocenters. The zero-order chi connectivity index (χ0) is 20.7. The molecule has 0 saturated heterocycles. The van der Waals surface area contributed by atoms with Crippen LogP contribution in [0, 0.1) is 0 Å². The fourth-order valence-corrected chi connectivity index (χ4v) is 2.85. The average Bonchev–Trinajstić information content (AvgIpc) is 2.65. The third-order valence-corrected chi connectivity index (χ3v) is 4.01. The lowest BCUT2D eigenvalue weighted by molar-refractivity contribution is 0.566. The smallest absolute Gasteiger partial charge is 0.132 e. The van der Waals surface area contributed by atoms with Gasteiger partial charge < -0.3 is 10.6 Å². The highest BCUT2D eigenvalue weighted by molar-refractivity contribution is 6.12. The van der Waals surface area contributed by atoms with Gasteiger partial charge >= 0.3 is 0 Å². The van der Waals surface area contributed by atoms with Gasteiger partial charge in [-0.15, -0.1) is 0 Å². The SMILES string of the molecule is C=C/C(=C\N(C)C)c1cccc(-c2ccc(/C(C=NC)=C/C(=C)C)c(N)n2)c1. The van der Waals surface area contributed by atoms with Crippen molar-refractivity contribution < 1.29 is 0 Å². The fraction of sp³-hybridized carbons (Fsp3) is 0.167. The van der Waals surface area contributed by atoms with E-state index in [0.29, 0.717) is 5.82 Å². The predicted octanol–water partition coefficient (Wildman–Crippen LogP) is 5.08. The number of aliphatic imine (C=N–C) groups is 1. The van der Waals surface area contributed by atoms with Crippen LogP contribution in [0.15, 0.2) is 78.5 Å². The molecule has 144 valence electrons. The van der Waals surface area contributed by atoms with E-state index in [1.54, 1.807) is 13.3 Å². The summed E-state index contributed by atoms with van der Waals surface area (Å²) in [5.41, 5.74) is 12.9. The van der Waals surface area contributed by atoms with E-state index in [4.69, 9.17) is 5.73 Å². The van der Waals surface area contributed by atoms with Gasteiger partial charge in [0, 0.05) is 50.3 Å². The van der Waals surface area contributed by atoms with Crippen molar-refractivity contribution in [2.45, 2.75) is 6.92 Å². The molecule has 0 fully saturated rings. The Bertz CT molecular complexity index is 962. The third kappa shape index (κ3) is 5.30. The molecular formula is C24H28N4. The van der Waals surface area contributed by atoms with E-state index in [0.717, 1.165) is 39.1 Å². The van der Waals surface area contributed by atoms with E-state index >= 15 is 0 Å². The molecule has 0 spiro atoms. The third-order valence-electron chi connectivity index (χ3n) is 4.01. The Morgan fingerprint density at radius 3 is 2.50 bits per heavy atom. The van der Waals surface area contributed by atoms with Gasteiger partial charge in [-0.1, -0.05) is 49.1 Å². The summed E-state index contributed by atoms with van der Waals surface area (Å²) in [4.78, 5) is 10.7. The molecule has 0 saturated carbocycles. The number of nitrogen functional groups attached to an aromatic ring is 1. The number of hydrogen-bond acceptors (Lipinski definition) is 4. The zero-order valence-corrected chi connectivity index (χ0v) is 17.1. The van der Waals surface area contributed by atoms with Gasteiger partial charge in [-0.25, -0.2) is 4.98 Å². The number of allylic oxidation sites excluding steroid dienone is 5. The summed E-state index contributed by atoms with van der Waals surface area (Å²) >= 11 is 0. The van der Waals surface area contributed by atoms with Crippen LogP contribution < -0.4 is 5.73 Å². The van der Waals surface area contributed by atoms with Crippen molar-refractivity contribution in [1.82, 2.24) is 9.88 Å². The van der Waals surface area contributed by atoms with E-state index in [1.807, 2.05) is 68.5 Å². The summed E-state index contributed by atoms with van der Waals surface area (Å²) in [7, 11) is 5.71. The first kappa shape index (κ1) is 20.9. The minimum Gasteiger partial charge on any atom is -0.383 e. The highest BCUT2D eigenvalue weighted by Crippen LogP contribution is 2.27. The summed E-state index contributed by atoms with van der Waals surface area (Å²) in [6.07, 6.45) is 7.60. The molecule has 28 heavy (non-hydrogen) atoms. The molecule has 0 radical (unpaired) electrons. The molecule has 1 heterocycles. The number of nitrogens with zero attached hydrogens (tertiary/aromatic N) is 3. The van der Waals surface area contributed by atoms with Gasteiger partial charge in [-0.2, -0.15) is 0 Å². The maximum absolute atomic E-state index is 6.28.